The van der Waals surface area contributed by atoms with Crippen LogP contribution in [-0.4, -0.2) is 52.5 Å². The van der Waals surface area contributed by atoms with Crippen LogP contribution in [0.15, 0.2) is 12.4 Å². The summed E-state index contributed by atoms with van der Waals surface area (Å²) in [4.78, 5) is 25.7. The number of aromatic nitrogens is 2. The van der Waals surface area contributed by atoms with Crippen LogP contribution in [0.4, 0.5) is 0 Å². The van der Waals surface area contributed by atoms with Crippen LogP contribution >= 0.6 is 0 Å². The van der Waals surface area contributed by atoms with Crippen LogP contribution in [0.1, 0.15) is 12.7 Å². The van der Waals surface area contributed by atoms with Gasteiger partial charge in [0.25, 0.3) is 0 Å². The van der Waals surface area contributed by atoms with Gasteiger partial charge in [-0.1, -0.05) is 0 Å². The number of amides is 1. The minimum absolute atomic E-state index is 0.195. The van der Waals surface area contributed by atoms with E-state index in [1.165, 1.54) is 0 Å². The maximum absolute atomic E-state index is 11.9. The number of carboxylic acid groups (broad SMARTS) is 1. The lowest BCUT2D eigenvalue weighted by Crippen LogP contribution is -2.45. The SMILES string of the molecule is CC(=O)NC(CS(=O)(=O)CCn1ccnc1C)C(=O)O. The minimum atomic E-state index is -3.61. The number of sulfone groups is 1. The zero-order valence-electron chi connectivity index (χ0n) is 11.2. The predicted molar refractivity (Wildman–Crippen MR) is 70.9 cm³/mol. The lowest BCUT2D eigenvalue weighted by atomic mass is 10.3. The molecule has 0 radical (unpaired) electrons. The molecule has 20 heavy (non-hydrogen) atoms. The Bertz CT molecular complexity index is 593. The van der Waals surface area contributed by atoms with Gasteiger partial charge in [-0.15, -0.1) is 0 Å². The minimum Gasteiger partial charge on any atom is -0.480 e. The van der Waals surface area contributed by atoms with Crippen molar-refractivity contribution >= 4 is 21.7 Å². The zero-order chi connectivity index (χ0) is 15.3. The van der Waals surface area contributed by atoms with Crippen molar-refractivity contribution in [3.8, 4) is 0 Å². The third-order valence-electron chi connectivity index (χ3n) is 2.66. The molecule has 112 valence electrons. The molecule has 1 rings (SSSR count). The number of hydrogen-bond donors (Lipinski definition) is 2. The Morgan fingerprint density at radius 1 is 1.50 bits per heavy atom. The Morgan fingerprint density at radius 2 is 2.15 bits per heavy atom. The Hall–Kier alpha value is -1.90. The summed E-state index contributed by atoms with van der Waals surface area (Å²) in [7, 11) is -3.61. The second-order valence-electron chi connectivity index (χ2n) is 4.37. The maximum Gasteiger partial charge on any atom is 0.327 e. The second-order valence-corrected chi connectivity index (χ2v) is 6.60. The molecule has 1 aromatic rings. The highest BCUT2D eigenvalue weighted by Gasteiger charge is 2.25. The molecular formula is C11H17N3O5S. The number of nitrogens with one attached hydrogen (secondary N) is 1. The molecule has 9 heteroatoms. The van der Waals surface area contributed by atoms with Gasteiger partial charge in [0, 0.05) is 25.9 Å². The molecular weight excluding hydrogens is 286 g/mol. The summed E-state index contributed by atoms with van der Waals surface area (Å²) in [5.74, 6) is -2.12. The number of carbonyl (C=O) groups excluding carboxylic acids is 1. The van der Waals surface area contributed by atoms with Crippen molar-refractivity contribution in [3.63, 3.8) is 0 Å². The van der Waals surface area contributed by atoms with E-state index in [9.17, 15) is 18.0 Å². The van der Waals surface area contributed by atoms with Crippen LogP contribution in [0.25, 0.3) is 0 Å². The molecule has 2 N–H and O–H groups in total. The first-order valence-corrected chi connectivity index (χ1v) is 7.71. The lowest BCUT2D eigenvalue weighted by molar-refractivity contribution is -0.140. The zero-order valence-corrected chi connectivity index (χ0v) is 12.1. The first kappa shape index (κ1) is 16.2. The van der Waals surface area contributed by atoms with E-state index in [0.717, 1.165) is 6.92 Å². The fourth-order valence-corrected chi connectivity index (χ4v) is 3.01. The van der Waals surface area contributed by atoms with Crippen LogP contribution in [0.3, 0.4) is 0 Å². The Kier molecular flexibility index (Phi) is 5.26. The van der Waals surface area contributed by atoms with Crippen LogP contribution in [0, 0.1) is 6.92 Å². The number of carbonyl (C=O) groups is 2. The van der Waals surface area contributed by atoms with Crippen LogP contribution < -0.4 is 5.32 Å². The number of nitrogens with zero attached hydrogens (tertiary/aromatic N) is 2. The lowest BCUT2D eigenvalue weighted by Gasteiger charge is -2.13. The van der Waals surface area contributed by atoms with Crippen molar-refractivity contribution in [1.29, 1.82) is 0 Å². The van der Waals surface area contributed by atoms with Gasteiger partial charge in [0.1, 0.15) is 11.9 Å². The molecule has 1 aromatic heterocycles. The highest BCUT2D eigenvalue weighted by Crippen LogP contribution is 2.01. The van der Waals surface area contributed by atoms with Gasteiger partial charge in [-0.05, 0) is 6.92 Å². The molecule has 0 fully saturated rings. The van der Waals surface area contributed by atoms with E-state index >= 15 is 0 Å². The Balaban J connectivity index is 2.66. The van der Waals surface area contributed by atoms with E-state index in [0.29, 0.717) is 5.82 Å². The van der Waals surface area contributed by atoms with E-state index < -0.39 is 33.5 Å². The first-order chi connectivity index (χ1) is 9.21. The average molecular weight is 303 g/mol. The van der Waals surface area contributed by atoms with Gasteiger partial charge in [0.2, 0.25) is 5.91 Å². The second kappa shape index (κ2) is 6.51. The third-order valence-corrected chi connectivity index (χ3v) is 4.31. The number of carboxylic acids is 1. The number of aryl methyl sites for hydroxylation is 2. The van der Waals surface area contributed by atoms with Gasteiger partial charge >= 0.3 is 5.97 Å². The van der Waals surface area contributed by atoms with Gasteiger partial charge in [0.15, 0.2) is 9.84 Å². The van der Waals surface area contributed by atoms with Crippen molar-refractivity contribution < 1.29 is 23.1 Å². The van der Waals surface area contributed by atoms with E-state index in [1.807, 2.05) is 0 Å². The van der Waals surface area contributed by atoms with Crippen molar-refractivity contribution in [1.82, 2.24) is 14.9 Å². The van der Waals surface area contributed by atoms with Gasteiger partial charge in [0.05, 0.1) is 11.5 Å². The van der Waals surface area contributed by atoms with Gasteiger partial charge in [-0.2, -0.15) is 0 Å². The smallest absolute Gasteiger partial charge is 0.327 e. The standard InChI is InChI=1S/C11H17N3O5S/c1-8-12-3-4-14(8)5-6-20(18,19)7-10(11(16)17)13-9(2)15/h3-4,10H,5-7H2,1-2H3,(H,13,15)(H,16,17). The molecule has 1 heterocycles. The number of rotatable bonds is 7. The summed E-state index contributed by atoms with van der Waals surface area (Å²) in [5.41, 5.74) is 0. The quantitative estimate of drug-likeness (QED) is 0.680. The molecule has 1 atom stereocenters. The van der Waals surface area contributed by atoms with E-state index in [4.69, 9.17) is 5.11 Å². The van der Waals surface area contributed by atoms with Crippen LogP contribution in [0.2, 0.25) is 0 Å². The molecule has 0 bridgehead atoms. The number of aliphatic carboxylic acids is 1. The largest absolute Gasteiger partial charge is 0.480 e. The van der Waals surface area contributed by atoms with E-state index in [2.05, 4.69) is 10.3 Å². The fourth-order valence-electron chi connectivity index (χ4n) is 1.63. The van der Waals surface area contributed by atoms with E-state index in [1.54, 1.807) is 23.9 Å². The topological polar surface area (TPSA) is 118 Å². The van der Waals surface area contributed by atoms with Gasteiger partial charge < -0.3 is 15.0 Å². The molecule has 1 amide bonds. The summed E-state index contributed by atoms with van der Waals surface area (Å²) in [6, 6.07) is -1.43. The maximum atomic E-state index is 11.9. The monoisotopic (exact) mass is 303 g/mol. The summed E-state index contributed by atoms with van der Waals surface area (Å²) < 4.78 is 25.4. The molecule has 0 aliphatic heterocycles. The highest BCUT2D eigenvalue weighted by atomic mass is 32.2. The summed E-state index contributed by atoms with van der Waals surface area (Å²) in [6.07, 6.45) is 3.20. The summed E-state index contributed by atoms with van der Waals surface area (Å²) >= 11 is 0. The van der Waals surface area contributed by atoms with Crippen LogP contribution in [0.5, 0.6) is 0 Å². The molecule has 0 saturated heterocycles. The first-order valence-electron chi connectivity index (χ1n) is 5.89. The molecule has 0 saturated carbocycles. The van der Waals surface area contributed by atoms with Crippen molar-refractivity contribution in [2.75, 3.05) is 11.5 Å². The average Bonchev–Trinajstić information content (AvgIpc) is 2.70. The molecule has 8 nitrogen and oxygen atoms in total. The third kappa shape index (κ3) is 5.00. The van der Waals surface area contributed by atoms with Crippen molar-refractivity contribution in [2.45, 2.75) is 26.4 Å². The molecule has 0 aromatic carbocycles. The van der Waals surface area contributed by atoms with Gasteiger partial charge in [-0.25, -0.2) is 18.2 Å². The van der Waals surface area contributed by atoms with Crippen LogP contribution in [-0.2, 0) is 26.0 Å². The van der Waals surface area contributed by atoms with Gasteiger partial charge in [-0.3, -0.25) is 4.79 Å². The summed E-state index contributed by atoms with van der Waals surface area (Å²) in [6.45, 7) is 3.07. The fraction of sp³-hybridized carbons (Fsp3) is 0.545. The molecule has 0 aliphatic rings. The number of imidazole rings is 1. The molecule has 0 spiro atoms. The highest BCUT2D eigenvalue weighted by molar-refractivity contribution is 7.91. The molecule has 0 aliphatic carbocycles. The number of hydrogen-bond acceptors (Lipinski definition) is 5. The van der Waals surface area contributed by atoms with E-state index in [-0.39, 0.29) is 12.3 Å². The van der Waals surface area contributed by atoms with Crippen molar-refractivity contribution in [2.24, 2.45) is 0 Å². The Morgan fingerprint density at radius 3 is 2.60 bits per heavy atom. The predicted octanol–water partition coefficient (Wildman–Crippen LogP) is -0.804. The van der Waals surface area contributed by atoms with Crippen molar-refractivity contribution in [3.05, 3.63) is 18.2 Å². The molecule has 1 unspecified atom stereocenters. The Labute approximate surface area is 116 Å². The summed E-state index contributed by atoms with van der Waals surface area (Å²) in [5, 5.41) is 11.0. The normalized spacial score (nSPS) is 12.9.